The molecule has 2 aromatic rings. The van der Waals surface area contributed by atoms with Gasteiger partial charge in [-0.05, 0) is 18.2 Å². The van der Waals surface area contributed by atoms with Gasteiger partial charge in [0.2, 0.25) is 6.79 Å². The predicted molar refractivity (Wildman–Crippen MR) is 85.7 cm³/mol. The highest BCUT2D eigenvalue weighted by Gasteiger charge is 2.15. The Bertz CT molecular complexity index is 836. The van der Waals surface area contributed by atoms with Crippen LogP contribution in [-0.2, 0) is 0 Å². The van der Waals surface area contributed by atoms with Gasteiger partial charge in [0, 0.05) is 29.3 Å². The average Bonchev–Trinajstić information content (AvgIpc) is 3.02. The van der Waals surface area contributed by atoms with Gasteiger partial charge in [-0.1, -0.05) is 11.6 Å². The fraction of sp³-hybridized carbons (Fsp3) is 0.0667. The summed E-state index contributed by atoms with van der Waals surface area (Å²) in [5.74, 6) is 0.590. The number of nitro groups is 1. The number of fused-ring (bicyclic) bond motifs is 1. The standard InChI is InChI=1S/C15H10ClN3O5/c16-12-6-14-13(23-8-24-14)5-10(12)7-17-18-15(20)9-1-3-11(4-2-9)19(21)22/h1-7H,8H2,(H,18,20)/b17-7-. The van der Waals surface area contributed by atoms with Crippen LogP contribution in [0.2, 0.25) is 5.02 Å². The zero-order valence-electron chi connectivity index (χ0n) is 12.1. The number of rotatable bonds is 4. The van der Waals surface area contributed by atoms with E-state index in [0.29, 0.717) is 22.1 Å². The minimum absolute atomic E-state index is 0.0952. The molecule has 0 fully saturated rings. The van der Waals surface area contributed by atoms with Crippen molar-refractivity contribution in [1.82, 2.24) is 5.43 Å². The summed E-state index contributed by atoms with van der Waals surface area (Å²) in [6.07, 6.45) is 1.37. The van der Waals surface area contributed by atoms with Gasteiger partial charge in [0.15, 0.2) is 11.5 Å². The fourth-order valence-corrected chi connectivity index (χ4v) is 2.19. The van der Waals surface area contributed by atoms with E-state index in [1.54, 1.807) is 12.1 Å². The maximum absolute atomic E-state index is 11.9. The van der Waals surface area contributed by atoms with Gasteiger partial charge in [-0.15, -0.1) is 0 Å². The first-order valence-electron chi connectivity index (χ1n) is 6.71. The fourth-order valence-electron chi connectivity index (χ4n) is 1.99. The molecule has 2 aromatic carbocycles. The first-order chi connectivity index (χ1) is 11.5. The van der Waals surface area contributed by atoms with Crippen LogP contribution in [0.25, 0.3) is 0 Å². The van der Waals surface area contributed by atoms with Crippen LogP contribution in [0.3, 0.4) is 0 Å². The summed E-state index contributed by atoms with van der Waals surface area (Å²) in [4.78, 5) is 21.9. The van der Waals surface area contributed by atoms with E-state index in [4.69, 9.17) is 21.1 Å². The quantitative estimate of drug-likeness (QED) is 0.520. The first kappa shape index (κ1) is 15.8. The van der Waals surface area contributed by atoms with Crippen molar-refractivity contribution in [3.8, 4) is 11.5 Å². The number of nitrogens with zero attached hydrogens (tertiary/aromatic N) is 2. The van der Waals surface area contributed by atoms with E-state index in [1.165, 1.54) is 30.5 Å². The number of hydrogen-bond donors (Lipinski definition) is 1. The van der Waals surface area contributed by atoms with Crippen molar-refractivity contribution in [2.45, 2.75) is 0 Å². The molecular formula is C15H10ClN3O5. The van der Waals surface area contributed by atoms with Gasteiger partial charge in [-0.25, -0.2) is 5.43 Å². The Hall–Kier alpha value is -3.13. The second-order valence-electron chi connectivity index (χ2n) is 4.73. The second kappa shape index (κ2) is 6.55. The van der Waals surface area contributed by atoms with Crippen LogP contribution in [0.1, 0.15) is 15.9 Å². The summed E-state index contributed by atoms with van der Waals surface area (Å²) in [6, 6.07) is 8.42. The van der Waals surface area contributed by atoms with E-state index in [9.17, 15) is 14.9 Å². The Labute approximate surface area is 140 Å². The Morgan fingerprint density at radius 2 is 1.92 bits per heavy atom. The minimum atomic E-state index is -0.540. The number of hydrogen-bond acceptors (Lipinski definition) is 6. The van der Waals surface area contributed by atoms with Gasteiger partial charge >= 0.3 is 0 Å². The SMILES string of the molecule is O=C(N/N=C\c1cc2c(cc1Cl)OCO2)c1ccc([N+](=O)[O-])cc1. The first-order valence-corrected chi connectivity index (χ1v) is 7.09. The molecule has 1 N–H and O–H groups in total. The molecular weight excluding hydrogens is 338 g/mol. The average molecular weight is 348 g/mol. The van der Waals surface area contributed by atoms with Gasteiger partial charge in [-0.3, -0.25) is 14.9 Å². The van der Waals surface area contributed by atoms with E-state index >= 15 is 0 Å². The van der Waals surface area contributed by atoms with Crippen LogP contribution in [0.15, 0.2) is 41.5 Å². The van der Waals surface area contributed by atoms with Crippen molar-refractivity contribution in [2.75, 3.05) is 6.79 Å². The number of ether oxygens (including phenoxy) is 2. The second-order valence-corrected chi connectivity index (χ2v) is 5.14. The number of nitrogens with one attached hydrogen (secondary N) is 1. The van der Waals surface area contributed by atoms with E-state index < -0.39 is 10.8 Å². The minimum Gasteiger partial charge on any atom is -0.454 e. The molecule has 0 radical (unpaired) electrons. The maximum Gasteiger partial charge on any atom is 0.271 e. The molecule has 0 unspecified atom stereocenters. The molecule has 0 spiro atoms. The molecule has 1 aliphatic rings. The van der Waals surface area contributed by atoms with Crippen molar-refractivity contribution < 1.29 is 19.2 Å². The summed E-state index contributed by atoms with van der Waals surface area (Å²) < 4.78 is 10.4. The van der Waals surface area contributed by atoms with Crippen molar-refractivity contribution in [3.05, 3.63) is 62.7 Å². The van der Waals surface area contributed by atoms with Gasteiger partial charge in [0.05, 0.1) is 16.2 Å². The van der Waals surface area contributed by atoms with Gasteiger partial charge in [0.1, 0.15) is 0 Å². The third-order valence-corrected chi connectivity index (χ3v) is 3.53. The molecule has 1 amide bonds. The highest BCUT2D eigenvalue weighted by atomic mass is 35.5. The summed E-state index contributed by atoms with van der Waals surface area (Å²) in [5, 5.41) is 14.8. The number of carbonyl (C=O) groups is 1. The molecule has 24 heavy (non-hydrogen) atoms. The Morgan fingerprint density at radius 1 is 1.25 bits per heavy atom. The summed E-state index contributed by atoms with van der Waals surface area (Å²) in [7, 11) is 0. The number of amides is 1. The topological polar surface area (TPSA) is 103 Å². The van der Waals surface area contributed by atoms with Crippen LogP contribution < -0.4 is 14.9 Å². The zero-order chi connectivity index (χ0) is 17.1. The summed E-state index contributed by atoms with van der Waals surface area (Å²) in [6.45, 7) is 0.128. The maximum atomic E-state index is 11.9. The molecule has 1 heterocycles. The third-order valence-electron chi connectivity index (χ3n) is 3.20. The smallest absolute Gasteiger partial charge is 0.271 e. The van der Waals surface area contributed by atoms with Crippen LogP contribution in [0.5, 0.6) is 11.5 Å². The lowest BCUT2D eigenvalue weighted by molar-refractivity contribution is -0.384. The monoisotopic (exact) mass is 347 g/mol. The summed E-state index contributed by atoms with van der Waals surface area (Å²) in [5.41, 5.74) is 3.02. The van der Waals surface area contributed by atoms with E-state index in [0.717, 1.165) is 0 Å². The van der Waals surface area contributed by atoms with E-state index in [2.05, 4.69) is 10.5 Å². The lowest BCUT2D eigenvalue weighted by Gasteiger charge is -2.02. The molecule has 9 heteroatoms. The Morgan fingerprint density at radius 3 is 2.58 bits per heavy atom. The molecule has 0 saturated carbocycles. The van der Waals surface area contributed by atoms with Crippen LogP contribution in [0, 0.1) is 10.1 Å². The molecule has 122 valence electrons. The zero-order valence-corrected chi connectivity index (χ0v) is 12.8. The van der Waals surface area contributed by atoms with Crippen molar-refractivity contribution in [2.24, 2.45) is 5.10 Å². The molecule has 0 saturated heterocycles. The highest BCUT2D eigenvalue weighted by Crippen LogP contribution is 2.36. The number of carbonyl (C=O) groups excluding carboxylic acids is 1. The molecule has 3 rings (SSSR count). The van der Waals surface area contributed by atoms with Crippen molar-refractivity contribution in [3.63, 3.8) is 0 Å². The van der Waals surface area contributed by atoms with Gasteiger partial charge in [0.25, 0.3) is 11.6 Å². The van der Waals surface area contributed by atoms with Crippen LogP contribution in [0.4, 0.5) is 5.69 Å². The normalized spacial score (nSPS) is 12.4. The lowest BCUT2D eigenvalue weighted by atomic mass is 10.2. The molecule has 0 aromatic heterocycles. The number of nitro benzene ring substituents is 1. The number of hydrazone groups is 1. The molecule has 8 nitrogen and oxygen atoms in total. The van der Waals surface area contributed by atoms with E-state index in [-0.39, 0.29) is 18.0 Å². The number of halogens is 1. The number of benzene rings is 2. The Kier molecular flexibility index (Phi) is 4.30. The molecule has 1 aliphatic heterocycles. The largest absolute Gasteiger partial charge is 0.454 e. The van der Waals surface area contributed by atoms with Gasteiger partial charge in [-0.2, -0.15) is 5.10 Å². The van der Waals surface area contributed by atoms with Crippen LogP contribution in [-0.4, -0.2) is 23.8 Å². The third kappa shape index (κ3) is 3.28. The molecule has 0 bridgehead atoms. The van der Waals surface area contributed by atoms with Crippen molar-refractivity contribution >= 4 is 29.4 Å². The van der Waals surface area contributed by atoms with E-state index in [1.807, 2.05) is 0 Å². The highest BCUT2D eigenvalue weighted by molar-refractivity contribution is 6.33. The summed E-state index contributed by atoms with van der Waals surface area (Å²) >= 11 is 6.08. The van der Waals surface area contributed by atoms with Crippen LogP contribution >= 0.6 is 11.6 Å². The molecule has 0 aliphatic carbocycles. The predicted octanol–water partition coefficient (Wildman–Crippen LogP) is 2.74. The lowest BCUT2D eigenvalue weighted by Crippen LogP contribution is -2.17. The van der Waals surface area contributed by atoms with Gasteiger partial charge < -0.3 is 9.47 Å². The number of non-ortho nitro benzene ring substituents is 1. The Balaban J connectivity index is 1.68. The molecule has 0 atom stereocenters. The van der Waals surface area contributed by atoms with Crippen molar-refractivity contribution in [1.29, 1.82) is 0 Å².